The smallest absolute Gasteiger partial charge is 0.341 e. The van der Waals surface area contributed by atoms with E-state index in [4.69, 9.17) is 9.47 Å². The highest BCUT2D eigenvalue weighted by Crippen LogP contribution is 2.33. The van der Waals surface area contributed by atoms with Gasteiger partial charge in [-0.15, -0.1) is 11.3 Å². The van der Waals surface area contributed by atoms with E-state index < -0.39 is 36.3 Å². The van der Waals surface area contributed by atoms with Gasteiger partial charge in [0, 0.05) is 11.4 Å². The number of nitrogens with one attached hydrogen (secondary N) is 1. The number of imide groups is 1. The monoisotopic (exact) mass is 472 g/mol. The maximum Gasteiger partial charge on any atom is 0.341 e. The number of nitrogens with zero attached hydrogens (tertiary/aromatic N) is 1. The number of hydrogen-bond donors (Lipinski definition) is 1. The van der Waals surface area contributed by atoms with Gasteiger partial charge in [-0.05, 0) is 31.0 Å². The topological polar surface area (TPSA) is 119 Å². The second-order valence-electron chi connectivity index (χ2n) is 7.53. The standard InChI is InChI=1S/C23H24N2O7S/c1-4-31-23(30)16-11-17(13(2)3)33-20(16)24-18(26)12-32-19(27)9-10-25-21(28)14-7-5-6-8-15(14)22(25)29/h5-8,11,13H,4,9-10,12H2,1-3H3,(H,24,26). The van der Waals surface area contributed by atoms with Crippen LogP contribution in [0.3, 0.4) is 0 Å². The Bertz CT molecular complexity index is 1070. The van der Waals surface area contributed by atoms with Gasteiger partial charge in [0.15, 0.2) is 6.61 Å². The molecule has 3 rings (SSSR count). The van der Waals surface area contributed by atoms with Gasteiger partial charge in [-0.1, -0.05) is 26.0 Å². The van der Waals surface area contributed by atoms with Crippen LogP contribution in [0.2, 0.25) is 0 Å². The van der Waals surface area contributed by atoms with Gasteiger partial charge in [0.25, 0.3) is 17.7 Å². The van der Waals surface area contributed by atoms with Crippen LogP contribution in [0.5, 0.6) is 0 Å². The molecule has 0 bridgehead atoms. The van der Waals surface area contributed by atoms with Crippen molar-refractivity contribution in [2.75, 3.05) is 25.1 Å². The summed E-state index contributed by atoms with van der Waals surface area (Å²) < 4.78 is 10.0. The van der Waals surface area contributed by atoms with Gasteiger partial charge < -0.3 is 14.8 Å². The molecule has 0 fully saturated rings. The Morgan fingerprint density at radius 1 is 1.06 bits per heavy atom. The van der Waals surface area contributed by atoms with Gasteiger partial charge in [0.1, 0.15) is 5.00 Å². The lowest BCUT2D eigenvalue weighted by molar-refractivity contribution is -0.147. The highest BCUT2D eigenvalue weighted by molar-refractivity contribution is 7.16. The van der Waals surface area contributed by atoms with Crippen molar-refractivity contribution in [2.45, 2.75) is 33.1 Å². The number of rotatable bonds is 9. The zero-order valence-electron chi connectivity index (χ0n) is 18.5. The fourth-order valence-corrected chi connectivity index (χ4v) is 4.24. The summed E-state index contributed by atoms with van der Waals surface area (Å²) in [5.41, 5.74) is 0.838. The molecule has 1 aliphatic rings. The fraction of sp³-hybridized carbons (Fsp3) is 0.348. The Labute approximate surface area is 194 Å². The Hall–Kier alpha value is -3.53. The molecule has 9 nitrogen and oxygen atoms in total. The van der Waals surface area contributed by atoms with Crippen LogP contribution in [0.4, 0.5) is 5.00 Å². The van der Waals surface area contributed by atoms with E-state index in [0.717, 1.165) is 9.78 Å². The number of carbonyl (C=O) groups excluding carboxylic acids is 5. The van der Waals surface area contributed by atoms with Crippen molar-refractivity contribution < 1.29 is 33.4 Å². The van der Waals surface area contributed by atoms with Crippen LogP contribution in [-0.4, -0.2) is 54.3 Å². The fourth-order valence-electron chi connectivity index (χ4n) is 3.17. The molecule has 174 valence electrons. The van der Waals surface area contributed by atoms with Gasteiger partial charge in [-0.2, -0.15) is 0 Å². The van der Waals surface area contributed by atoms with Crippen molar-refractivity contribution in [2.24, 2.45) is 0 Å². The highest BCUT2D eigenvalue weighted by Gasteiger charge is 2.35. The van der Waals surface area contributed by atoms with E-state index in [1.165, 1.54) is 11.3 Å². The van der Waals surface area contributed by atoms with E-state index in [1.54, 1.807) is 37.3 Å². The molecular weight excluding hydrogens is 448 g/mol. The number of amides is 3. The predicted molar refractivity (Wildman–Crippen MR) is 120 cm³/mol. The first-order chi connectivity index (χ1) is 15.7. The number of hydrogen-bond acceptors (Lipinski definition) is 8. The molecular formula is C23H24N2O7S. The molecule has 0 spiro atoms. The van der Waals surface area contributed by atoms with E-state index in [9.17, 15) is 24.0 Å². The second kappa shape index (κ2) is 10.4. The minimum atomic E-state index is -0.735. The quantitative estimate of drug-likeness (QED) is 0.440. The Kier molecular flexibility index (Phi) is 7.59. The number of thiophene rings is 1. The van der Waals surface area contributed by atoms with Crippen LogP contribution in [0.25, 0.3) is 0 Å². The molecule has 2 aromatic rings. The Morgan fingerprint density at radius 3 is 2.27 bits per heavy atom. The predicted octanol–water partition coefficient (Wildman–Crippen LogP) is 3.22. The lowest BCUT2D eigenvalue weighted by Gasteiger charge is -2.13. The molecule has 0 saturated heterocycles. The number of fused-ring (bicyclic) bond motifs is 1. The minimum Gasteiger partial charge on any atom is -0.462 e. The van der Waals surface area contributed by atoms with Crippen molar-refractivity contribution >= 4 is 46.0 Å². The summed E-state index contributed by atoms with van der Waals surface area (Å²) in [6, 6.07) is 8.10. The number of benzene rings is 1. The van der Waals surface area contributed by atoms with Gasteiger partial charge >= 0.3 is 11.9 Å². The lowest BCUT2D eigenvalue weighted by atomic mass is 10.1. The van der Waals surface area contributed by atoms with E-state index in [0.29, 0.717) is 16.1 Å². The van der Waals surface area contributed by atoms with Crippen molar-refractivity contribution in [3.63, 3.8) is 0 Å². The summed E-state index contributed by atoms with van der Waals surface area (Å²) in [7, 11) is 0. The van der Waals surface area contributed by atoms with Crippen LogP contribution in [0.15, 0.2) is 30.3 Å². The van der Waals surface area contributed by atoms with Crippen LogP contribution in [-0.2, 0) is 19.1 Å². The first-order valence-corrected chi connectivity index (χ1v) is 11.3. The summed E-state index contributed by atoms with van der Waals surface area (Å²) in [5.74, 6) is -2.69. The van der Waals surface area contributed by atoms with E-state index >= 15 is 0 Å². The van der Waals surface area contributed by atoms with Crippen LogP contribution < -0.4 is 5.32 Å². The molecule has 0 aliphatic carbocycles. The maximum absolute atomic E-state index is 12.3. The van der Waals surface area contributed by atoms with Crippen LogP contribution in [0, 0.1) is 0 Å². The average Bonchev–Trinajstić information content (AvgIpc) is 3.31. The van der Waals surface area contributed by atoms with Gasteiger partial charge in [0.2, 0.25) is 0 Å². The van der Waals surface area contributed by atoms with E-state index in [2.05, 4.69) is 5.32 Å². The van der Waals surface area contributed by atoms with Gasteiger partial charge in [-0.3, -0.25) is 24.1 Å². The second-order valence-corrected chi connectivity index (χ2v) is 8.62. The van der Waals surface area contributed by atoms with Crippen molar-refractivity contribution in [1.82, 2.24) is 4.90 Å². The summed E-state index contributed by atoms with van der Waals surface area (Å²) in [6.45, 7) is 5.09. The molecule has 1 N–H and O–H groups in total. The summed E-state index contributed by atoms with van der Waals surface area (Å²) in [6.07, 6.45) is -0.247. The molecule has 3 amide bonds. The zero-order chi connectivity index (χ0) is 24.1. The molecule has 0 atom stereocenters. The largest absolute Gasteiger partial charge is 0.462 e. The molecule has 0 radical (unpaired) electrons. The van der Waals surface area contributed by atoms with E-state index in [1.807, 2.05) is 13.8 Å². The first-order valence-electron chi connectivity index (χ1n) is 10.4. The average molecular weight is 473 g/mol. The summed E-state index contributed by atoms with van der Waals surface area (Å²) in [5, 5.41) is 2.91. The number of carbonyl (C=O) groups is 5. The third-order valence-electron chi connectivity index (χ3n) is 4.85. The van der Waals surface area contributed by atoms with Crippen molar-refractivity contribution in [3.8, 4) is 0 Å². The molecule has 1 aromatic heterocycles. The molecule has 0 unspecified atom stereocenters. The number of esters is 2. The molecule has 1 aromatic carbocycles. The van der Waals surface area contributed by atoms with Crippen molar-refractivity contribution in [1.29, 1.82) is 0 Å². The normalized spacial score (nSPS) is 12.7. The van der Waals surface area contributed by atoms with Crippen LogP contribution in [0.1, 0.15) is 69.1 Å². The van der Waals surface area contributed by atoms with Gasteiger partial charge in [0.05, 0.1) is 29.7 Å². The third-order valence-corrected chi connectivity index (χ3v) is 6.20. The Morgan fingerprint density at radius 2 is 1.70 bits per heavy atom. The highest BCUT2D eigenvalue weighted by atomic mass is 32.1. The molecule has 10 heteroatoms. The molecule has 2 heterocycles. The SMILES string of the molecule is CCOC(=O)c1cc(C(C)C)sc1NC(=O)COC(=O)CCN1C(=O)c2ccccc2C1=O. The molecule has 0 saturated carbocycles. The number of ether oxygens (including phenoxy) is 2. The van der Waals surface area contributed by atoms with Crippen LogP contribution >= 0.6 is 11.3 Å². The summed E-state index contributed by atoms with van der Waals surface area (Å²) >= 11 is 1.25. The van der Waals surface area contributed by atoms with Gasteiger partial charge in [-0.25, -0.2) is 4.79 Å². The summed E-state index contributed by atoms with van der Waals surface area (Å²) in [4.78, 5) is 63.1. The molecule has 33 heavy (non-hydrogen) atoms. The number of anilines is 1. The minimum absolute atomic E-state index is 0.147. The zero-order valence-corrected chi connectivity index (χ0v) is 19.3. The Balaban J connectivity index is 1.52. The van der Waals surface area contributed by atoms with E-state index in [-0.39, 0.29) is 31.1 Å². The maximum atomic E-state index is 12.3. The first kappa shape index (κ1) is 24.1. The van der Waals surface area contributed by atoms with Crippen molar-refractivity contribution in [3.05, 3.63) is 51.9 Å². The molecule has 1 aliphatic heterocycles. The lowest BCUT2D eigenvalue weighted by Crippen LogP contribution is -2.32. The third kappa shape index (κ3) is 5.46.